The van der Waals surface area contributed by atoms with Crippen LogP contribution in [0.1, 0.15) is 40.0 Å². The number of carbonyl (C=O) groups excluding carboxylic acids is 1. The Labute approximate surface area is 132 Å². The van der Waals surface area contributed by atoms with Crippen molar-refractivity contribution in [1.82, 2.24) is 0 Å². The quantitative estimate of drug-likeness (QED) is 0.832. The predicted molar refractivity (Wildman–Crippen MR) is 86.6 cm³/mol. The molecule has 4 heteroatoms. The van der Waals surface area contributed by atoms with Crippen LogP contribution >= 0.6 is 11.6 Å². The fourth-order valence-corrected chi connectivity index (χ4v) is 3.72. The number of para-hydroxylation sites is 1. The minimum Gasteiger partial charge on any atom is -0.464 e. The summed E-state index contributed by atoms with van der Waals surface area (Å²) < 4.78 is 5.35. The minimum atomic E-state index is -0.669. The van der Waals surface area contributed by atoms with Gasteiger partial charge < -0.3 is 10.1 Å². The second-order valence-electron chi connectivity index (χ2n) is 6.26. The van der Waals surface area contributed by atoms with Crippen LogP contribution in [-0.2, 0) is 9.53 Å². The van der Waals surface area contributed by atoms with E-state index in [4.69, 9.17) is 16.3 Å². The monoisotopic (exact) mass is 309 g/mol. The van der Waals surface area contributed by atoms with Gasteiger partial charge in [0, 0.05) is 0 Å². The third-order valence-electron chi connectivity index (χ3n) is 4.11. The van der Waals surface area contributed by atoms with Crippen molar-refractivity contribution in [1.29, 1.82) is 0 Å². The Morgan fingerprint density at radius 3 is 2.52 bits per heavy atom. The Bertz CT molecular complexity index is 493. The number of carbonyl (C=O) groups is 1. The molecule has 1 aliphatic carbocycles. The van der Waals surface area contributed by atoms with Gasteiger partial charge in [-0.1, -0.05) is 37.6 Å². The first kappa shape index (κ1) is 16.2. The van der Waals surface area contributed by atoms with Gasteiger partial charge >= 0.3 is 5.97 Å². The van der Waals surface area contributed by atoms with Crippen molar-refractivity contribution in [2.75, 3.05) is 11.9 Å². The van der Waals surface area contributed by atoms with Gasteiger partial charge in [-0.25, -0.2) is 4.79 Å². The van der Waals surface area contributed by atoms with Crippen LogP contribution < -0.4 is 5.32 Å². The zero-order valence-corrected chi connectivity index (χ0v) is 13.7. The molecule has 2 unspecified atom stereocenters. The molecule has 1 aliphatic rings. The standard InChI is InChI=1S/C17H24ClNO2/c1-4-21-16(20)17(10-12(2)9-13(3)11-17)19-15-8-6-5-7-14(15)18/h5-8,12-13,19H,4,9-11H2,1-3H3. The number of anilines is 1. The van der Waals surface area contributed by atoms with Crippen LogP contribution in [0, 0.1) is 11.8 Å². The first-order valence-corrected chi connectivity index (χ1v) is 8.04. The molecule has 116 valence electrons. The maximum absolute atomic E-state index is 12.6. The van der Waals surface area contributed by atoms with Gasteiger partial charge in [-0.2, -0.15) is 0 Å². The minimum absolute atomic E-state index is 0.164. The maximum Gasteiger partial charge on any atom is 0.331 e. The first-order chi connectivity index (χ1) is 9.97. The normalized spacial score (nSPS) is 29.0. The topological polar surface area (TPSA) is 38.3 Å². The maximum atomic E-state index is 12.6. The lowest BCUT2D eigenvalue weighted by Crippen LogP contribution is -2.52. The van der Waals surface area contributed by atoms with E-state index in [1.165, 1.54) is 0 Å². The molecule has 0 bridgehead atoms. The summed E-state index contributed by atoms with van der Waals surface area (Å²) in [6, 6.07) is 7.55. The van der Waals surface area contributed by atoms with Gasteiger partial charge in [0.1, 0.15) is 5.54 Å². The molecular formula is C17H24ClNO2. The highest BCUT2D eigenvalue weighted by Gasteiger charge is 2.45. The highest BCUT2D eigenvalue weighted by molar-refractivity contribution is 6.33. The Morgan fingerprint density at radius 1 is 1.33 bits per heavy atom. The van der Waals surface area contributed by atoms with E-state index in [1.807, 2.05) is 31.2 Å². The van der Waals surface area contributed by atoms with Gasteiger partial charge in [0.15, 0.2) is 0 Å². The van der Waals surface area contributed by atoms with E-state index in [2.05, 4.69) is 19.2 Å². The number of esters is 1. The number of nitrogens with one attached hydrogen (secondary N) is 1. The fourth-order valence-electron chi connectivity index (χ4n) is 3.54. The van der Waals surface area contributed by atoms with E-state index in [-0.39, 0.29) is 5.97 Å². The van der Waals surface area contributed by atoms with E-state index < -0.39 is 5.54 Å². The number of hydrogen-bond acceptors (Lipinski definition) is 3. The summed E-state index contributed by atoms with van der Waals surface area (Å²) in [5, 5.41) is 4.03. The first-order valence-electron chi connectivity index (χ1n) is 7.67. The van der Waals surface area contributed by atoms with Gasteiger partial charge in [-0.3, -0.25) is 0 Å². The zero-order chi connectivity index (χ0) is 15.5. The second kappa shape index (κ2) is 6.69. The fraction of sp³-hybridized carbons (Fsp3) is 0.588. The molecule has 0 heterocycles. The molecule has 0 saturated heterocycles. The average Bonchev–Trinajstić information content (AvgIpc) is 2.40. The summed E-state index contributed by atoms with van der Waals surface area (Å²) >= 11 is 6.25. The summed E-state index contributed by atoms with van der Waals surface area (Å²) in [6.45, 7) is 6.63. The Balaban J connectivity index is 2.32. The second-order valence-corrected chi connectivity index (χ2v) is 6.67. The van der Waals surface area contributed by atoms with Gasteiger partial charge in [0.05, 0.1) is 17.3 Å². The third kappa shape index (κ3) is 3.70. The van der Waals surface area contributed by atoms with Gasteiger partial charge in [0.25, 0.3) is 0 Å². The van der Waals surface area contributed by atoms with E-state index in [0.717, 1.165) is 24.9 Å². The van der Waals surface area contributed by atoms with Crippen molar-refractivity contribution in [3.8, 4) is 0 Å². The summed E-state index contributed by atoms with van der Waals surface area (Å²) in [4.78, 5) is 12.6. The van der Waals surface area contributed by atoms with Crippen molar-refractivity contribution in [3.05, 3.63) is 29.3 Å². The van der Waals surface area contributed by atoms with Gasteiger partial charge in [0.2, 0.25) is 0 Å². The van der Waals surface area contributed by atoms with Crippen LogP contribution in [0.15, 0.2) is 24.3 Å². The number of ether oxygens (including phenoxy) is 1. The summed E-state index contributed by atoms with van der Waals surface area (Å²) in [6.07, 6.45) is 2.70. The molecule has 1 fully saturated rings. The molecule has 1 aromatic carbocycles. The molecule has 2 atom stereocenters. The average molecular weight is 310 g/mol. The highest BCUT2D eigenvalue weighted by Crippen LogP contribution is 2.40. The zero-order valence-electron chi connectivity index (χ0n) is 13.0. The Kier molecular flexibility index (Phi) is 5.15. The van der Waals surface area contributed by atoms with Gasteiger partial charge in [-0.15, -0.1) is 0 Å². The van der Waals surface area contributed by atoms with E-state index in [1.54, 1.807) is 0 Å². The molecule has 1 aromatic rings. The Morgan fingerprint density at radius 2 is 1.95 bits per heavy atom. The largest absolute Gasteiger partial charge is 0.464 e. The number of rotatable bonds is 4. The molecular weight excluding hydrogens is 286 g/mol. The number of hydrogen-bond donors (Lipinski definition) is 1. The molecule has 1 saturated carbocycles. The van der Waals surface area contributed by atoms with Crippen molar-refractivity contribution in [2.45, 2.75) is 45.6 Å². The molecule has 0 radical (unpaired) electrons. The number of benzene rings is 1. The summed E-state index contributed by atoms with van der Waals surface area (Å²) in [5.41, 5.74) is 0.131. The highest BCUT2D eigenvalue weighted by atomic mass is 35.5. The lowest BCUT2D eigenvalue weighted by atomic mass is 9.71. The van der Waals surface area contributed by atoms with Gasteiger partial charge in [-0.05, 0) is 50.2 Å². The van der Waals surface area contributed by atoms with E-state index >= 15 is 0 Å². The lowest BCUT2D eigenvalue weighted by molar-refractivity contribution is -0.151. The Hall–Kier alpha value is -1.22. The van der Waals surface area contributed by atoms with E-state index in [9.17, 15) is 4.79 Å². The van der Waals surface area contributed by atoms with Crippen molar-refractivity contribution in [3.63, 3.8) is 0 Å². The van der Waals surface area contributed by atoms with Crippen LogP contribution in [-0.4, -0.2) is 18.1 Å². The third-order valence-corrected chi connectivity index (χ3v) is 4.44. The summed E-state index contributed by atoms with van der Waals surface area (Å²) in [7, 11) is 0. The van der Waals surface area contributed by atoms with Crippen LogP contribution in [0.25, 0.3) is 0 Å². The van der Waals surface area contributed by atoms with Crippen LogP contribution in [0.5, 0.6) is 0 Å². The molecule has 1 N–H and O–H groups in total. The summed E-state index contributed by atoms with van der Waals surface area (Å²) in [5.74, 6) is 0.796. The van der Waals surface area contributed by atoms with Crippen LogP contribution in [0.4, 0.5) is 5.69 Å². The predicted octanol–water partition coefficient (Wildman–Crippen LogP) is 4.51. The molecule has 21 heavy (non-hydrogen) atoms. The van der Waals surface area contributed by atoms with Crippen molar-refractivity contribution in [2.24, 2.45) is 11.8 Å². The van der Waals surface area contributed by atoms with Crippen molar-refractivity contribution < 1.29 is 9.53 Å². The van der Waals surface area contributed by atoms with Crippen molar-refractivity contribution >= 4 is 23.3 Å². The molecule has 0 amide bonds. The molecule has 0 aliphatic heterocycles. The lowest BCUT2D eigenvalue weighted by Gasteiger charge is -2.42. The van der Waals surface area contributed by atoms with Crippen LogP contribution in [0.2, 0.25) is 5.02 Å². The van der Waals surface area contributed by atoms with E-state index in [0.29, 0.717) is 23.5 Å². The van der Waals surface area contributed by atoms with Crippen LogP contribution in [0.3, 0.4) is 0 Å². The molecule has 0 spiro atoms. The molecule has 2 rings (SSSR count). The number of halogens is 1. The molecule has 0 aromatic heterocycles. The molecule has 3 nitrogen and oxygen atoms in total. The smallest absolute Gasteiger partial charge is 0.331 e. The SMILES string of the molecule is CCOC(=O)C1(Nc2ccccc2Cl)CC(C)CC(C)C1.